The number of anilines is 1. The van der Waals surface area contributed by atoms with E-state index < -0.39 is 0 Å². The van der Waals surface area contributed by atoms with Gasteiger partial charge in [-0.2, -0.15) is 11.8 Å². The molecule has 1 fully saturated rings. The van der Waals surface area contributed by atoms with Gasteiger partial charge in [0.1, 0.15) is 0 Å². The molecule has 0 saturated carbocycles. The molecule has 1 heterocycles. The maximum atomic E-state index is 6.13. The van der Waals surface area contributed by atoms with Gasteiger partial charge in [-0.05, 0) is 31.5 Å². The Balaban J connectivity index is 2.21. The summed E-state index contributed by atoms with van der Waals surface area (Å²) in [7, 11) is 0. The van der Waals surface area contributed by atoms with Crippen molar-refractivity contribution in [3.63, 3.8) is 0 Å². The molecule has 0 bridgehead atoms. The second-order valence-corrected chi connectivity index (χ2v) is 6.10. The Bertz CT molecular complexity index is 351. The van der Waals surface area contributed by atoms with Crippen LogP contribution in [0.3, 0.4) is 0 Å². The Morgan fingerprint density at radius 3 is 2.56 bits per heavy atom. The van der Waals surface area contributed by atoms with Crippen molar-refractivity contribution in [1.29, 1.82) is 0 Å². The molecule has 1 aliphatic heterocycles. The highest BCUT2D eigenvalue weighted by Gasteiger charge is 2.16. The average molecular weight is 236 g/mol. The first kappa shape index (κ1) is 11.8. The van der Waals surface area contributed by atoms with Gasteiger partial charge in [-0.1, -0.05) is 12.1 Å². The summed E-state index contributed by atoms with van der Waals surface area (Å²) in [5.74, 6) is 2.46. The van der Waals surface area contributed by atoms with Crippen molar-refractivity contribution in [2.75, 3.05) is 29.5 Å². The van der Waals surface area contributed by atoms with Crippen LogP contribution in [0.2, 0.25) is 0 Å². The van der Waals surface area contributed by atoms with E-state index in [1.165, 1.54) is 22.8 Å². The van der Waals surface area contributed by atoms with E-state index in [-0.39, 0.29) is 5.54 Å². The summed E-state index contributed by atoms with van der Waals surface area (Å²) in [4.78, 5) is 2.45. The number of rotatable bonds is 2. The monoisotopic (exact) mass is 236 g/mol. The molecule has 2 nitrogen and oxygen atoms in total. The topological polar surface area (TPSA) is 29.3 Å². The van der Waals surface area contributed by atoms with Crippen molar-refractivity contribution in [2.24, 2.45) is 5.73 Å². The Hall–Kier alpha value is -0.670. The van der Waals surface area contributed by atoms with E-state index in [2.05, 4.69) is 43.0 Å². The summed E-state index contributed by atoms with van der Waals surface area (Å²) in [5.41, 5.74) is 8.41. The number of nitrogens with zero attached hydrogens (tertiary/aromatic N) is 1. The maximum Gasteiger partial charge on any atom is 0.0370 e. The largest absolute Gasteiger partial charge is 0.370 e. The SMILES string of the molecule is CC(C)(N)c1cccc(N2CCSCC2)c1. The molecule has 0 spiro atoms. The first-order valence-corrected chi connectivity index (χ1v) is 6.95. The van der Waals surface area contributed by atoms with Gasteiger partial charge in [0.15, 0.2) is 0 Å². The summed E-state index contributed by atoms with van der Waals surface area (Å²) < 4.78 is 0. The standard InChI is InChI=1S/C13H20N2S/c1-13(2,14)11-4-3-5-12(10-11)15-6-8-16-9-7-15/h3-5,10H,6-9,14H2,1-2H3. The molecule has 3 heteroatoms. The lowest BCUT2D eigenvalue weighted by molar-refractivity contribution is 0.554. The summed E-state index contributed by atoms with van der Waals surface area (Å²) in [6, 6.07) is 8.64. The highest BCUT2D eigenvalue weighted by atomic mass is 32.2. The zero-order valence-corrected chi connectivity index (χ0v) is 10.9. The predicted molar refractivity (Wildman–Crippen MR) is 73.2 cm³/mol. The predicted octanol–water partition coefficient (Wildman–Crippen LogP) is 2.43. The fourth-order valence-electron chi connectivity index (χ4n) is 1.92. The Morgan fingerprint density at radius 2 is 1.94 bits per heavy atom. The fraction of sp³-hybridized carbons (Fsp3) is 0.538. The number of thioether (sulfide) groups is 1. The lowest BCUT2D eigenvalue weighted by atomic mass is 9.95. The molecule has 16 heavy (non-hydrogen) atoms. The van der Waals surface area contributed by atoms with Crippen LogP contribution in [0.15, 0.2) is 24.3 Å². The molecule has 0 aromatic heterocycles. The number of nitrogens with two attached hydrogens (primary N) is 1. The molecule has 0 amide bonds. The van der Waals surface area contributed by atoms with Gasteiger partial charge in [-0.3, -0.25) is 0 Å². The molecule has 0 atom stereocenters. The second kappa shape index (κ2) is 4.68. The van der Waals surface area contributed by atoms with Crippen molar-refractivity contribution in [2.45, 2.75) is 19.4 Å². The molecule has 1 aliphatic rings. The maximum absolute atomic E-state index is 6.13. The normalized spacial score (nSPS) is 17.6. The first-order valence-electron chi connectivity index (χ1n) is 5.79. The van der Waals surface area contributed by atoms with Gasteiger partial charge in [0.25, 0.3) is 0 Å². The van der Waals surface area contributed by atoms with Crippen LogP contribution in [0.1, 0.15) is 19.4 Å². The molecular formula is C13H20N2S. The summed E-state index contributed by atoms with van der Waals surface area (Å²) in [6.07, 6.45) is 0. The number of hydrogen-bond acceptors (Lipinski definition) is 3. The van der Waals surface area contributed by atoms with Crippen molar-refractivity contribution in [3.05, 3.63) is 29.8 Å². The van der Waals surface area contributed by atoms with E-state index in [4.69, 9.17) is 5.73 Å². The van der Waals surface area contributed by atoms with E-state index in [0.29, 0.717) is 0 Å². The minimum atomic E-state index is -0.249. The Labute approximate surface area is 102 Å². The van der Waals surface area contributed by atoms with Gasteiger partial charge in [-0.15, -0.1) is 0 Å². The molecule has 2 rings (SSSR count). The van der Waals surface area contributed by atoms with Crippen LogP contribution < -0.4 is 10.6 Å². The number of benzene rings is 1. The van der Waals surface area contributed by atoms with Crippen LogP contribution in [0.5, 0.6) is 0 Å². The third-order valence-electron chi connectivity index (χ3n) is 2.97. The van der Waals surface area contributed by atoms with E-state index in [9.17, 15) is 0 Å². The zero-order valence-electron chi connectivity index (χ0n) is 10.1. The highest BCUT2D eigenvalue weighted by Crippen LogP contribution is 2.24. The van der Waals surface area contributed by atoms with Gasteiger partial charge >= 0.3 is 0 Å². The minimum absolute atomic E-state index is 0.249. The first-order chi connectivity index (χ1) is 7.57. The van der Waals surface area contributed by atoms with E-state index in [1.54, 1.807) is 0 Å². The third-order valence-corrected chi connectivity index (χ3v) is 3.91. The molecule has 1 aromatic carbocycles. The molecule has 0 radical (unpaired) electrons. The van der Waals surface area contributed by atoms with Crippen LogP contribution in [-0.2, 0) is 5.54 Å². The second-order valence-electron chi connectivity index (χ2n) is 4.87. The van der Waals surface area contributed by atoms with E-state index in [1.807, 2.05) is 11.8 Å². The molecule has 1 aromatic rings. The smallest absolute Gasteiger partial charge is 0.0370 e. The summed E-state index contributed by atoms with van der Waals surface area (Å²) >= 11 is 2.04. The average Bonchev–Trinajstić information content (AvgIpc) is 2.29. The molecule has 1 saturated heterocycles. The van der Waals surface area contributed by atoms with Crippen LogP contribution in [0.4, 0.5) is 5.69 Å². The van der Waals surface area contributed by atoms with Gasteiger partial charge in [0.05, 0.1) is 0 Å². The molecule has 2 N–H and O–H groups in total. The van der Waals surface area contributed by atoms with E-state index >= 15 is 0 Å². The van der Waals surface area contributed by atoms with Gasteiger partial charge in [0.2, 0.25) is 0 Å². The Kier molecular flexibility index (Phi) is 3.45. The summed E-state index contributed by atoms with van der Waals surface area (Å²) in [6.45, 7) is 6.41. The minimum Gasteiger partial charge on any atom is -0.370 e. The van der Waals surface area contributed by atoms with Crippen LogP contribution >= 0.6 is 11.8 Å². The molecular weight excluding hydrogens is 216 g/mol. The lowest BCUT2D eigenvalue weighted by Crippen LogP contribution is -2.33. The third kappa shape index (κ3) is 2.71. The van der Waals surface area contributed by atoms with Gasteiger partial charge in [-0.25, -0.2) is 0 Å². The molecule has 88 valence electrons. The highest BCUT2D eigenvalue weighted by molar-refractivity contribution is 7.99. The van der Waals surface area contributed by atoms with Crippen molar-refractivity contribution in [3.8, 4) is 0 Å². The molecule has 0 unspecified atom stereocenters. The van der Waals surface area contributed by atoms with Crippen LogP contribution in [-0.4, -0.2) is 24.6 Å². The zero-order chi connectivity index (χ0) is 11.6. The van der Waals surface area contributed by atoms with Gasteiger partial charge in [0, 0.05) is 35.8 Å². The molecule has 0 aliphatic carbocycles. The lowest BCUT2D eigenvalue weighted by Gasteiger charge is -2.30. The fourth-order valence-corrected chi connectivity index (χ4v) is 2.83. The van der Waals surface area contributed by atoms with Crippen LogP contribution in [0, 0.1) is 0 Å². The van der Waals surface area contributed by atoms with E-state index in [0.717, 1.165) is 13.1 Å². The van der Waals surface area contributed by atoms with Crippen LogP contribution in [0.25, 0.3) is 0 Å². The van der Waals surface area contributed by atoms with Crippen molar-refractivity contribution >= 4 is 17.4 Å². The Morgan fingerprint density at radius 1 is 1.25 bits per heavy atom. The quantitative estimate of drug-likeness (QED) is 0.855. The van der Waals surface area contributed by atoms with Crippen molar-refractivity contribution < 1.29 is 0 Å². The summed E-state index contributed by atoms with van der Waals surface area (Å²) in [5, 5.41) is 0. The number of hydrogen-bond donors (Lipinski definition) is 1. The van der Waals surface area contributed by atoms with Gasteiger partial charge < -0.3 is 10.6 Å². The van der Waals surface area contributed by atoms with Crippen molar-refractivity contribution in [1.82, 2.24) is 0 Å².